The number of rotatable bonds is 4. The van der Waals surface area contributed by atoms with Gasteiger partial charge in [0.05, 0.1) is 26.2 Å². The van der Waals surface area contributed by atoms with Crippen molar-refractivity contribution in [2.45, 2.75) is 13.0 Å². The molecule has 140 valence electrons. The lowest BCUT2D eigenvalue weighted by Crippen LogP contribution is -3.14. The Kier molecular flexibility index (Phi) is 5.01. The standard InChI is InChI=1S/C20H21ClN4O2/c1-14(19-22-23-20(27-19)15-3-2-4-16(21)13-15)24-9-11-25(12-10-24)17-5-7-18(26)8-6-17/h2-8,13-14,26H,9-12H2,1H3/p+1/t14-/m1/s1. The number of quaternary nitrogens is 1. The number of phenols is 1. The van der Waals surface area contributed by atoms with Gasteiger partial charge in [-0.1, -0.05) is 17.7 Å². The van der Waals surface area contributed by atoms with E-state index in [1.807, 2.05) is 36.4 Å². The minimum absolute atomic E-state index is 0.132. The Morgan fingerprint density at radius 2 is 1.85 bits per heavy atom. The molecule has 0 aliphatic carbocycles. The van der Waals surface area contributed by atoms with Crippen LogP contribution in [0.4, 0.5) is 5.69 Å². The molecule has 1 fully saturated rings. The van der Waals surface area contributed by atoms with Crippen LogP contribution in [0.1, 0.15) is 18.9 Å². The van der Waals surface area contributed by atoms with E-state index < -0.39 is 0 Å². The van der Waals surface area contributed by atoms with E-state index in [9.17, 15) is 5.11 Å². The lowest BCUT2D eigenvalue weighted by molar-refractivity contribution is -0.931. The lowest BCUT2D eigenvalue weighted by Gasteiger charge is -2.35. The molecule has 3 aromatic rings. The van der Waals surface area contributed by atoms with Crippen molar-refractivity contribution in [1.82, 2.24) is 10.2 Å². The average Bonchev–Trinajstić information content (AvgIpc) is 3.18. The molecular weight excluding hydrogens is 364 g/mol. The molecule has 0 unspecified atom stereocenters. The topological polar surface area (TPSA) is 66.8 Å². The summed E-state index contributed by atoms with van der Waals surface area (Å²) in [5.41, 5.74) is 1.97. The lowest BCUT2D eigenvalue weighted by atomic mass is 10.2. The number of nitrogens with one attached hydrogen (secondary N) is 1. The Morgan fingerprint density at radius 3 is 2.56 bits per heavy atom. The van der Waals surface area contributed by atoms with Gasteiger partial charge in [-0.15, -0.1) is 10.2 Å². The van der Waals surface area contributed by atoms with E-state index in [-0.39, 0.29) is 6.04 Å². The molecule has 0 radical (unpaired) electrons. The monoisotopic (exact) mass is 385 g/mol. The van der Waals surface area contributed by atoms with Crippen molar-refractivity contribution in [2.24, 2.45) is 0 Å². The number of piperazine rings is 1. The van der Waals surface area contributed by atoms with Crippen molar-refractivity contribution < 1.29 is 14.4 Å². The minimum atomic E-state index is 0.132. The van der Waals surface area contributed by atoms with Gasteiger partial charge in [-0.3, -0.25) is 0 Å². The molecule has 2 N–H and O–H groups in total. The highest BCUT2D eigenvalue weighted by molar-refractivity contribution is 6.30. The molecule has 1 aromatic heterocycles. The third-order valence-corrected chi connectivity index (χ3v) is 5.35. The van der Waals surface area contributed by atoms with Gasteiger partial charge in [-0.2, -0.15) is 0 Å². The zero-order valence-electron chi connectivity index (χ0n) is 15.1. The summed E-state index contributed by atoms with van der Waals surface area (Å²) in [5, 5.41) is 18.5. The van der Waals surface area contributed by atoms with Crippen molar-refractivity contribution in [3.63, 3.8) is 0 Å². The molecule has 0 spiro atoms. The number of phenolic OH excluding ortho intramolecular Hbond substituents is 1. The van der Waals surface area contributed by atoms with E-state index in [0.717, 1.165) is 37.4 Å². The number of benzene rings is 2. The van der Waals surface area contributed by atoms with E-state index in [4.69, 9.17) is 16.0 Å². The van der Waals surface area contributed by atoms with Gasteiger partial charge in [0.15, 0.2) is 6.04 Å². The molecule has 1 aliphatic rings. The van der Waals surface area contributed by atoms with E-state index in [2.05, 4.69) is 22.0 Å². The summed E-state index contributed by atoms with van der Waals surface area (Å²) in [5.74, 6) is 1.45. The molecule has 4 rings (SSSR count). The number of aromatic hydroxyl groups is 1. The molecule has 27 heavy (non-hydrogen) atoms. The highest BCUT2D eigenvalue weighted by atomic mass is 35.5. The molecule has 0 saturated carbocycles. The first-order chi connectivity index (χ1) is 13.1. The van der Waals surface area contributed by atoms with E-state index in [0.29, 0.717) is 22.6 Å². The predicted octanol–water partition coefficient (Wildman–Crippen LogP) is 2.56. The summed E-state index contributed by atoms with van der Waals surface area (Å²) in [6.07, 6.45) is 0. The van der Waals surface area contributed by atoms with E-state index in [1.165, 1.54) is 4.90 Å². The Labute approximate surface area is 163 Å². The van der Waals surface area contributed by atoms with Crippen molar-refractivity contribution in [3.8, 4) is 17.2 Å². The molecule has 2 aromatic carbocycles. The van der Waals surface area contributed by atoms with Gasteiger partial charge in [0.2, 0.25) is 5.89 Å². The summed E-state index contributed by atoms with van der Waals surface area (Å²) in [4.78, 5) is 3.76. The number of hydrogen-bond acceptors (Lipinski definition) is 5. The Balaban J connectivity index is 1.41. The predicted molar refractivity (Wildman–Crippen MR) is 104 cm³/mol. The van der Waals surface area contributed by atoms with Crippen LogP contribution in [-0.2, 0) is 0 Å². The molecule has 1 aliphatic heterocycles. The van der Waals surface area contributed by atoms with Gasteiger partial charge in [-0.05, 0) is 49.4 Å². The first-order valence-corrected chi connectivity index (χ1v) is 9.46. The second-order valence-corrected chi connectivity index (χ2v) is 7.28. The van der Waals surface area contributed by atoms with Gasteiger partial charge >= 0.3 is 0 Å². The quantitative estimate of drug-likeness (QED) is 0.722. The summed E-state index contributed by atoms with van der Waals surface area (Å²) < 4.78 is 5.92. The Hall–Kier alpha value is -2.57. The van der Waals surface area contributed by atoms with Crippen LogP contribution < -0.4 is 9.80 Å². The van der Waals surface area contributed by atoms with Gasteiger partial charge < -0.3 is 19.3 Å². The third kappa shape index (κ3) is 3.91. The zero-order chi connectivity index (χ0) is 18.8. The fourth-order valence-electron chi connectivity index (χ4n) is 3.47. The summed E-state index contributed by atoms with van der Waals surface area (Å²) in [6.45, 7) is 5.98. The third-order valence-electron chi connectivity index (χ3n) is 5.12. The number of halogens is 1. The first-order valence-electron chi connectivity index (χ1n) is 9.08. The molecule has 1 saturated heterocycles. The van der Waals surface area contributed by atoms with Gasteiger partial charge in [0.25, 0.3) is 5.89 Å². The van der Waals surface area contributed by atoms with Crippen molar-refractivity contribution in [2.75, 3.05) is 31.1 Å². The first kappa shape index (κ1) is 17.8. The SMILES string of the molecule is C[C@H](c1nnc(-c2cccc(Cl)c2)o1)[NH+]1CCN(c2ccc(O)cc2)CC1. The van der Waals surface area contributed by atoms with Gasteiger partial charge in [-0.25, -0.2) is 0 Å². The number of anilines is 1. The average molecular weight is 386 g/mol. The smallest absolute Gasteiger partial charge is 0.274 e. The largest absolute Gasteiger partial charge is 0.508 e. The van der Waals surface area contributed by atoms with Crippen LogP contribution in [0.5, 0.6) is 5.75 Å². The maximum atomic E-state index is 9.44. The van der Waals surface area contributed by atoms with Gasteiger partial charge in [0, 0.05) is 16.3 Å². The fraction of sp³-hybridized carbons (Fsp3) is 0.300. The number of nitrogens with zero attached hydrogens (tertiary/aromatic N) is 3. The highest BCUT2D eigenvalue weighted by Gasteiger charge is 2.29. The van der Waals surface area contributed by atoms with E-state index in [1.54, 1.807) is 12.1 Å². The molecule has 0 amide bonds. The van der Waals surface area contributed by atoms with Crippen LogP contribution in [0, 0.1) is 0 Å². The van der Waals surface area contributed by atoms with Crippen LogP contribution in [0.25, 0.3) is 11.5 Å². The maximum Gasteiger partial charge on any atom is 0.274 e. The number of hydrogen-bond donors (Lipinski definition) is 2. The second kappa shape index (κ2) is 7.58. The van der Waals surface area contributed by atoms with E-state index >= 15 is 0 Å². The molecule has 6 nitrogen and oxygen atoms in total. The highest BCUT2D eigenvalue weighted by Crippen LogP contribution is 2.23. The van der Waals surface area contributed by atoms with Gasteiger partial charge in [0.1, 0.15) is 5.75 Å². The summed E-state index contributed by atoms with van der Waals surface area (Å²) >= 11 is 6.05. The summed E-state index contributed by atoms with van der Waals surface area (Å²) in [7, 11) is 0. The summed E-state index contributed by atoms with van der Waals surface area (Å²) in [6, 6.07) is 14.9. The molecular formula is C20H22ClN4O2+. The fourth-order valence-corrected chi connectivity index (χ4v) is 3.66. The van der Waals surface area contributed by atoms with Crippen LogP contribution in [0.2, 0.25) is 5.02 Å². The molecule has 0 bridgehead atoms. The van der Waals surface area contributed by atoms with Crippen molar-refractivity contribution in [1.29, 1.82) is 0 Å². The zero-order valence-corrected chi connectivity index (χ0v) is 15.9. The normalized spacial score (nSPS) is 16.4. The van der Waals surface area contributed by atoms with Crippen molar-refractivity contribution in [3.05, 3.63) is 59.4 Å². The minimum Gasteiger partial charge on any atom is -0.508 e. The van der Waals surface area contributed by atoms with Crippen molar-refractivity contribution >= 4 is 17.3 Å². The van der Waals surface area contributed by atoms with Crippen LogP contribution in [0.15, 0.2) is 52.9 Å². The Bertz CT molecular complexity index is 904. The van der Waals surface area contributed by atoms with Crippen LogP contribution >= 0.6 is 11.6 Å². The Morgan fingerprint density at radius 1 is 1.11 bits per heavy atom. The van der Waals surface area contributed by atoms with Crippen LogP contribution in [-0.4, -0.2) is 41.5 Å². The molecule has 1 atom stereocenters. The maximum absolute atomic E-state index is 9.44. The molecule has 2 heterocycles. The van der Waals surface area contributed by atoms with Crippen LogP contribution in [0.3, 0.4) is 0 Å². The molecule has 7 heteroatoms. The number of aromatic nitrogens is 2. The second-order valence-electron chi connectivity index (χ2n) is 6.84.